The van der Waals surface area contributed by atoms with Gasteiger partial charge in [0.2, 0.25) is 0 Å². The number of halogens is 1. The molecule has 2 N–H and O–H groups in total. The molecule has 2 aromatic rings. The minimum atomic E-state index is -0.351. The molecule has 0 bridgehead atoms. The zero-order chi connectivity index (χ0) is 13.1. The van der Waals surface area contributed by atoms with Crippen LogP contribution in [0.15, 0.2) is 28.7 Å². The van der Waals surface area contributed by atoms with Crippen LogP contribution in [0.4, 0.5) is 0 Å². The van der Waals surface area contributed by atoms with E-state index in [-0.39, 0.29) is 6.10 Å². The van der Waals surface area contributed by atoms with Crippen LogP contribution in [0.5, 0.6) is 0 Å². The quantitative estimate of drug-likeness (QED) is 0.866. The minimum Gasteiger partial charge on any atom is -0.382 e. The Morgan fingerprint density at radius 3 is 2.67 bits per heavy atom. The fourth-order valence-electron chi connectivity index (χ4n) is 2.11. The first-order valence-electron chi connectivity index (χ1n) is 6.34. The molecule has 0 unspecified atom stereocenters. The lowest BCUT2D eigenvalue weighted by Gasteiger charge is -2.18. The maximum atomic E-state index is 10.3. The number of aliphatic hydroxyl groups is 1. The molecule has 1 atom stereocenters. The van der Waals surface area contributed by atoms with E-state index in [1.54, 1.807) is 11.3 Å². The molecule has 0 aliphatic carbocycles. The highest BCUT2D eigenvalue weighted by Gasteiger charge is 2.16. The maximum Gasteiger partial charge on any atom is 0.137 e. The van der Waals surface area contributed by atoms with E-state index in [2.05, 4.69) is 48.0 Å². The van der Waals surface area contributed by atoms with Crippen molar-refractivity contribution in [1.82, 2.24) is 0 Å². The van der Waals surface area contributed by atoms with E-state index in [9.17, 15) is 5.11 Å². The Morgan fingerprint density at radius 1 is 1.28 bits per heavy atom. The zero-order valence-corrected chi connectivity index (χ0v) is 13.1. The Morgan fingerprint density at radius 2 is 2.00 bits per heavy atom. The summed E-state index contributed by atoms with van der Waals surface area (Å²) in [4.78, 5) is 2.50. The molecule has 0 aliphatic heterocycles. The van der Waals surface area contributed by atoms with Gasteiger partial charge >= 0.3 is 0 Å². The van der Waals surface area contributed by atoms with Gasteiger partial charge in [-0.1, -0.05) is 15.9 Å². The number of thiophene rings is 1. The molecule has 0 spiro atoms. The molecule has 0 fully saturated rings. The predicted octanol–water partition coefficient (Wildman–Crippen LogP) is 2.62. The molecular formula is C14H19BrNOS+. The summed E-state index contributed by atoms with van der Waals surface area (Å²) >= 11 is 5.17. The molecule has 1 heterocycles. The number of hydrogen-bond donors (Lipinski definition) is 2. The fourth-order valence-corrected chi connectivity index (χ4v) is 3.52. The van der Waals surface area contributed by atoms with Gasteiger partial charge < -0.3 is 10.0 Å². The molecule has 1 aromatic carbocycles. The second-order valence-electron chi connectivity index (χ2n) is 4.51. The fraction of sp³-hybridized carbons (Fsp3) is 0.429. The van der Waals surface area contributed by atoms with Crippen molar-refractivity contribution in [2.24, 2.45) is 0 Å². The van der Waals surface area contributed by atoms with Crippen LogP contribution in [0.25, 0.3) is 10.1 Å². The van der Waals surface area contributed by atoms with E-state index in [1.807, 2.05) is 6.07 Å². The van der Waals surface area contributed by atoms with Gasteiger partial charge in [-0.15, -0.1) is 11.3 Å². The number of quaternary nitrogens is 1. The monoisotopic (exact) mass is 328 g/mol. The molecule has 0 aliphatic rings. The molecule has 18 heavy (non-hydrogen) atoms. The highest BCUT2D eigenvalue weighted by molar-refractivity contribution is 9.10. The van der Waals surface area contributed by atoms with Crippen molar-refractivity contribution in [3.05, 3.63) is 33.6 Å². The van der Waals surface area contributed by atoms with Gasteiger partial charge in [0.1, 0.15) is 12.6 Å². The molecule has 0 amide bonds. The summed E-state index contributed by atoms with van der Waals surface area (Å²) in [6, 6.07) is 8.36. The largest absolute Gasteiger partial charge is 0.382 e. The molecule has 1 aromatic heterocycles. The van der Waals surface area contributed by atoms with Crippen LogP contribution in [0.2, 0.25) is 0 Å². The maximum absolute atomic E-state index is 10.3. The van der Waals surface area contributed by atoms with Crippen molar-refractivity contribution in [1.29, 1.82) is 0 Å². The molecule has 4 heteroatoms. The van der Waals surface area contributed by atoms with Crippen LogP contribution in [0.3, 0.4) is 0 Å². The van der Waals surface area contributed by atoms with Gasteiger partial charge in [-0.3, -0.25) is 0 Å². The molecule has 0 saturated heterocycles. The first-order valence-corrected chi connectivity index (χ1v) is 7.95. The number of nitrogens with one attached hydrogen (secondary N) is 1. The Hall–Kier alpha value is -0.420. The van der Waals surface area contributed by atoms with Crippen molar-refractivity contribution < 1.29 is 10.0 Å². The summed E-state index contributed by atoms with van der Waals surface area (Å²) in [7, 11) is 0. The van der Waals surface area contributed by atoms with Gasteiger partial charge in [-0.2, -0.15) is 0 Å². The summed E-state index contributed by atoms with van der Waals surface area (Å²) < 4.78 is 2.32. The smallest absolute Gasteiger partial charge is 0.137 e. The number of benzene rings is 1. The van der Waals surface area contributed by atoms with Crippen LogP contribution in [0.1, 0.15) is 24.8 Å². The first kappa shape index (κ1) is 14.0. The first-order chi connectivity index (χ1) is 8.63. The number of likely N-dealkylation sites (N-methyl/N-ethyl adjacent to an activating group) is 1. The van der Waals surface area contributed by atoms with Gasteiger partial charge in [0.05, 0.1) is 13.1 Å². The van der Waals surface area contributed by atoms with Crippen LogP contribution < -0.4 is 4.90 Å². The van der Waals surface area contributed by atoms with Gasteiger partial charge in [0.15, 0.2) is 0 Å². The third kappa shape index (κ3) is 3.12. The lowest BCUT2D eigenvalue weighted by atomic mass is 10.2. The van der Waals surface area contributed by atoms with E-state index < -0.39 is 0 Å². The van der Waals surface area contributed by atoms with E-state index in [0.29, 0.717) is 0 Å². The minimum absolute atomic E-state index is 0.351. The number of hydrogen-bond acceptors (Lipinski definition) is 2. The molecule has 98 valence electrons. The van der Waals surface area contributed by atoms with Gasteiger partial charge in [-0.05, 0) is 43.5 Å². The SMILES string of the molecule is CC[NH+](CC)C[C@@H](O)c1cc2cc(Br)ccc2s1. The van der Waals surface area contributed by atoms with E-state index in [1.165, 1.54) is 15.0 Å². The van der Waals surface area contributed by atoms with E-state index in [0.717, 1.165) is 29.0 Å². The summed E-state index contributed by atoms with van der Waals surface area (Å²) in [6.07, 6.45) is -0.351. The second kappa shape index (κ2) is 6.15. The van der Waals surface area contributed by atoms with Crippen molar-refractivity contribution >= 4 is 37.4 Å². The molecule has 0 radical (unpaired) electrons. The van der Waals surface area contributed by atoms with Gasteiger partial charge in [0, 0.05) is 14.0 Å². The number of aliphatic hydroxyl groups excluding tert-OH is 1. The van der Waals surface area contributed by atoms with Gasteiger partial charge in [0.25, 0.3) is 0 Å². The predicted molar refractivity (Wildman–Crippen MR) is 81.4 cm³/mol. The van der Waals surface area contributed by atoms with Crippen molar-refractivity contribution in [3.63, 3.8) is 0 Å². The summed E-state index contributed by atoms with van der Waals surface area (Å²) in [6.45, 7) is 7.23. The Bertz CT molecular complexity index is 521. The number of fused-ring (bicyclic) bond motifs is 1. The highest BCUT2D eigenvalue weighted by Crippen LogP contribution is 2.31. The van der Waals surface area contributed by atoms with E-state index >= 15 is 0 Å². The second-order valence-corrected chi connectivity index (χ2v) is 6.54. The Kier molecular flexibility index (Phi) is 4.78. The standard InChI is InChI=1S/C14H18BrNOS/c1-3-16(4-2)9-12(17)14-8-10-7-11(15)5-6-13(10)18-14/h5-8,12,17H,3-4,9H2,1-2H3/p+1/t12-/m1/s1. The average Bonchev–Trinajstić information content (AvgIpc) is 2.78. The van der Waals surface area contributed by atoms with Gasteiger partial charge in [-0.25, -0.2) is 0 Å². The number of rotatable bonds is 5. The van der Waals surface area contributed by atoms with Crippen LogP contribution in [-0.4, -0.2) is 24.7 Å². The van der Waals surface area contributed by atoms with E-state index in [4.69, 9.17) is 0 Å². The van der Waals surface area contributed by atoms with Crippen LogP contribution >= 0.6 is 27.3 Å². The average molecular weight is 329 g/mol. The summed E-state index contributed by atoms with van der Waals surface area (Å²) in [5, 5.41) is 11.5. The van der Waals surface area contributed by atoms with Crippen LogP contribution in [-0.2, 0) is 0 Å². The Labute approximate surface area is 120 Å². The lowest BCUT2D eigenvalue weighted by molar-refractivity contribution is -0.900. The van der Waals surface area contributed by atoms with Crippen LogP contribution in [0, 0.1) is 0 Å². The summed E-state index contributed by atoms with van der Waals surface area (Å²) in [5.74, 6) is 0. The third-order valence-corrected chi connectivity index (χ3v) is 5.02. The molecule has 0 saturated carbocycles. The lowest BCUT2D eigenvalue weighted by Crippen LogP contribution is -3.11. The third-order valence-electron chi connectivity index (χ3n) is 3.31. The summed E-state index contributed by atoms with van der Waals surface area (Å²) in [5.41, 5.74) is 0. The normalized spacial score (nSPS) is 13.4. The Balaban J connectivity index is 2.20. The van der Waals surface area contributed by atoms with Crippen molar-refractivity contribution in [3.8, 4) is 0 Å². The molecular weight excluding hydrogens is 310 g/mol. The topological polar surface area (TPSA) is 24.7 Å². The molecule has 2 rings (SSSR count). The van der Waals surface area contributed by atoms with Crippen molar-refractivity contribution in [2.45, 2.75) is 20.0 Å². The molecule has 2 nitrogen and oxygen atoms in total. The zero-order valence-electron chi connectivity index (χ0n) is 10.7. The van der Waals surface area contributed by atoms with Crippen molar-refractivity contribution in [2.75, 3.05) is 19.6 Å². The highest BCUT2D eigenvalue weighted by atomic mass is 79.9.